The quantitative estimate of drug-likeness (QED) is 0.635. The van der Waals surface area contributed by atoms with E-state index in [4.69, 9.17) is 11.5 Å². The van der Waals surface area contributed by atoms with E-state index in [9.17, 15) is 4.79 Å². The number of aromatic nitrogens is 2. The van der Waals surface area contributed by atoms with Gasteiger partial charge in [0, 0.05) is 12.2 Å². The fourth-order valence-electron chi connectivity index (χ4n) is 0.947. The molecule has 14 heavy (non-hydrogen) atoms. The van der Waals surface area contributed by atoms with Gasteiger partial charge in [-0.3, -0.25) is 9.78 Å². The van der Waals surface area contributed by atoms with Crippen LogP contribution in [0.4, 0.5) is 5.95 Å². The van der Waals surface area contributed by atoms with Crippen molar-refractivity contribution < 1.29 is 0 Å². The van der Waals surface area contributed by atoms with Gasteiger partial charge >= 0.3 is 0 Å². The third kappa shape index (κ3) is 3.02. The Balaban J connectivity index is 2.77. The number of nitrogens with one attached hydrogen (secondary N) is 1. The molecule has 0 amide bonds. The highest BCUT2D eigenvalue weighted by Crippen LogP contribution is 1.96. The van der Waals surface area contributed by atoms with E-state index in [-0.39, 0.29) is 17.5 Å². The minimum atomic E-state index is -0.238. The number of nitrogens with two attached hydrogens (primary N) is 2. The SMILES string of the molecule is C[C@H](N)C/C=C/c1cnc(N)[nH]c1=O. The molecule has 0 aromatic carbocycles. The van der Waals surface area contributed by atoms with Crippen LogP contribution >= 0.6 is 0 Å². The third-order valence-electron chi connectivity index (χ3n) is 1.65. The van der Waals surface area contributed by atoms with Gasteiger partial charge in [0.2, 0.25) is 0 Å². The van der Waals surface area contributed by atoms with Crippen LogP contribution in [0.5, 0.6) is 0 Å². The molecule has 0 spiro atoms. The number of anilines is 1. The van der Waals surface area contributed by atoms with Gasteiger partial charge in [0.25, 0.3) is 5.56 Å². The predicted octanol–water partition coefficient (Wildman–Crippen LogP) is 0.103. The first-order chi connectivity index (χ1) is 6.59. The summed E-state index contributed by atoms with van der Waals surface area (Å²) >= 11 is 0. The molecule has 0 unspecified atom stereocenters. The molecule has 0 aliphatic carbocycles. The first-order valence-electron chi connectivity index (χ1n) is 4.36. The molecule has 0 aliphatic rings. The van der Waals surface area contributed by atoms with Crippen molar-refractivity contribution in [2.45, 2.75) is 19.4 Å². The monoisotopic (exact) mass is 194 g/mol. The van der Waals surface area contributed by atoms with Gasteiger partial charge in [-0.15, -0.1) is 0 Å². The van der Waals surface area contributed by atoms with Gasteiger partial charge < -0.3 is 11.5 Å². The van der Waals surface area contributed by atoms with Crippen LogP contribution in [-0.2, 0) is 0 Å². The molecule has 1 rings (SSSR count). The van der Waals surface area contributed by atoms with Crippen molar-refractivity contribution in [3.63, 3.8) is 0 Å². The second-order valence-corrected chi connectivity index (χ2v) is 3.17. The number of aromatic amines is 1. The summed E-state index contributed by atoms with van der Waals surface area (Å²) in [5.74, 6) is 0.124. The molecule has 1 heterocycles. The van der Waals surface area contributed by atoms with Crippen LogP contribution in [0.3, 0.4) is 0 Å². The standard InChI is InChI=1S/C9H14N4O/c1-6(10)3-2-4-7-5-12-9(11)13-8(7)14/h2,4-6H,3,10H2,1H3,(H3,11,12,13,14)/b4-2+/t6-/m0/s1. The smallest absolute Gasteiger partial charge is 0.259 e. The highest BCUT2D eigenvalue weighted by molar-refractivity contribution is 5.47. The van der Waals surface area contributed by atoms with Gasteiger partial charge in [-0.1, -0.05) is 12.2 Å². The Morgan fingerprint density at radius 2 is 2.43 bits per heavy atom. The van der Waals surface area contributed by atoms with Crippen LogP contribution in [-0.4, -0.2) is 16.0 Å². The summed E-state index contributed by atoms with van der Waals surface area (Å²) in [7, 11) is 0. The summed E-state index contributed by atoms with van der Waals surface area (Å²) in [5.41, 5.74) is 11.1. The van der Waals surface area contributed by atoms with Crippen molar-refractivity contribution in [2.24, 2.45) is 5.73 Å². The molecular weight excluding hydrogens is 180 g/mol. The molecule has 0 bridgehead atoms. The van der Waals surface area contributed by atoms with Gasteiger partial charge in [-0.25, -0.2) is 4.98 Å². The lowest BCUT2D eigenvalue weighted by molar-refractivity contribution is 0.759. The third-order valence-corrected chi connectivity index (χ3v) is 1.65. The molecule has 5 nitrogen and oxygen atoms in total. The van der Waals surface area contributed by atoms with Gasteiger partial charge in [0.15, 0.2) is 5.95 Å². The molecular formula is C9H14N4O. The number of nitrogen functional groups attached to an aromatic ring is 1. The molecule has 5 N–H and O–H groups in total. The molecule has 0 saturated heterocycles. The van der Waals surface area contributed by atoms with Crippen LogP contribution < -0.4 is 17.0 Å². The zero-order chi connectivity index (χ0) is 10.6. The van der Waals surface area contributed by atoms with Crippen molar-refractivity contribution >= 4 is 12.0 Å². The van der Waals surface area contributed by atoms with Crippen molar-refractivity contribution in [1.82, 2.24) is 9.97 Å². The Labute approximate surface area is 81.8 Å². The Morgan fingerprint density at radius 1 is 1.71 bits per heavy atom. The maximum Gasteiger partial charge on any atom is 0.259 e. The van der Waals surface area contributed by atoms with Crippen LogP contribution in [0.15, 0.2) is 17.1 Å². The summed E-state index contributed by atoms with van der Waals surface area (Å²) in [6.45, 7) is 1.90. The lowest BCUT2D eigenvalue weighted by atomic mass is 10.2. The van der Waals surface area contributed by atoms with Crippen LogP contribution in [0.25, 0.3) is 6.08 Å². The lowest BCUT2D eigenvalue weighted by Gasteiger charge is -1.97. The molecule has 5 heteroatoms. The Hall–Kier alpha value is -1.62. The van der Waals surface area contributed by atoms with E-state index >= 15 is 0 Å². The average Bonchev–Trinajstić information content (AvgIpc) is 2.08. The Kier molecular flexibility index (Phi) is 3.41. The molecule has 1 atom stereocenters. The maximum atomic E-state index is 11.3. The summed E-state index contributed by atoms with van der Waals surface area (Å²) in [6.07, 6.45) is 5.69. The molecule has 0 radical (unpaired) electrons. The molecule has 76 valence electrons. The van der Waals surface area contributed by atoms with Crippen LogP contribution in [0.1, 0.15) is 18.9 Å². The zero-order valence-corrected chi connectivity index (χ0v) is 8.03. The molecule has 0 fully saturated rings. The van der Waals surface area contributed by atoms with Gasteiger partial charge in [-0.2, -0.15) is 0 Å². The average molecular weight is 194 g/mol. The van der Waals surface area contributed by atoms with Gasteiger partial charge in [-0.05, 0) is 13.3 Å². The molecule has 0 aliphatic heterocycles. The summed E-state index contributed by atoms with van der Waals surface area (Å²) < 4.78 is 0. The lowest BCUT2D eigenvalue weighted by Crippen LogP contribution is -2.14. The van der Waals surface area contributed by atoms with E-state index in [0.717, 1.165) is 6.42 Å². The zero-order valence-electron chi connectivity index (χ0n) is 8.03. The number of hydrogen-bond donors (Lipinski definition) is 3. The molecule has 1 aromatic heterocycles. The van der Waals surface area contributed by atoms with E-state index < -0.39 is 0 Å². The number of rotatable bonds is 3. The summed E-state index contributed by atoms with van der Waals surface area (Å²) in [5, 5.41) is 0. The summed E-state index contributed by atoms with van der Waals surface area (Å²) in [6, 6.07) is 0.0899. The van der Waals surface area contributed by atoms with Crippen LogP contribution in [0, 0.1) is 0 Å². The fourth-order valence-corrected chi connectivity index (χ4v) is 0.947. The first kappa shape index (κ1) is 10.5. The number of nitrogens with zero attached hydrogens (tertiary/aromatic N) is 1. The minimum Gasteiger partial charge on any atom is -0.369 e. The number of H-pyrrole nitrogens is 1. The van der Waals surface area contributed by atoms with E-state index in [1.165, 1.54) is 6.20 Å². The van der Waals surface area contributed by atoms with Gasteiger partial charge in [0.1, 0.15) is 0 Å². The van der Waals surface area contributed by atoms with Crippen LogP contribution in [0.2, 0.25) is 0 Å². The highest BCUT2D eigenvalue weighted by Gasteiger charge is 1.96. The van der Waals surface area contributed by atoms with Crippen molar-refractivity contribution in [1.29, 1.82) is 0 Å². The second-order valence-electron chi connectivity index (χ2n) is 3.17. The van der Waals surface area contributed by atoms with E-state index in [1.807, 2.05) is 13.0 Å². The van der Waals surface area contributed by atoms with Gasteiger partial charge in [0.05, 0.1) is 5.56 Å². The van der Waals surface area contributed by atoms with Crippen molar-refractivity contribution in [3.05, 3.63) is 28.2 Å². The van der Waals surface area contributed by atoms with E-state index in [1.54, 1.807) is 6.08 Å². The normalized spacial score (nSPS) is 13.3. The van der Waals surface area contributed by atoms with Crippen molar-refractivity contribution in [3.8, 4) is 0 Å². The Morgan fingerprint density at radius 3 is 3.00 bits per heavy atom. The molecule has 1 aromatic rings. The largest absolute Gasteiger partial charge is 0.369 e. The topological polar surface area (TPSA) is 97.8 Å². The molecule has 0 saturated carbocycles. The minimum absolute atomic E-state index is 0.0899. The first-order valence-corrected chi connectivity index (χ1v) is 4.36. The van der Waals surface area contributed by atoms with Crippen molar-refractivity contribution in [2.75, 3.05) is 5.73 Å². The maximum absolute atomic E-state index is 11.3. The summed E-state index contributed by atoms with van der Waals surface area (Å²) in [4.78, 5) is 17.4. The Bertz CT molecular complexity index is 381. The second kappa shape index (κ2) is 4.57. The number of hydrogen-bond acceptors (Lipinski definition) is 4. The van der Waals surface area contributed by atoms with E-state index in [0.29, 0.717) is 5.56 Å². The fraction of sp³-hybridized carbons (Fsp3) is 0.333. The highest BCUT2D eigenvalue weighted by atomic mass is 16.1. The van der Waals surface area contributed by atoms with E-state index in [2.05, 4.69) is 9.97 Å². The predicted molar refractivity (Wildman–Crippen MR) is 56.6 cm³/mol.